The van der Waals surface area contributed by atoms with E-state index in [4.69, 9.17) is 0 Å². The first kappa shape index (κ1) is 44.9. The van der Waals surface area contributed by atoms with E-state index in [2.05, 4.69) is 0 Å². The summed E-state index contributed by atoms with van der Waals surface area (Å²) in [5, 5.41) is 0. The Morgan fingerprint density at radius 3 is 0.468 bits per heavy atom. The molecule has 0 bridgehead atoms. The standard InChI is InChI=1S/C14H2F27O6/c1-2(15,16)42-5(22,23)6(24,25)44-9(30,31)10(32,33)46-13(38,39)14(40,41)47-12(36,37)11(34,35)45-8(28,29)7(26,27)43-4(20,21)3(17,18)19/h1H2. The maximum Gasteiger partial charge on any atom is 0.483 e. The molecule has 283 valence electrons. The van der Waals surface area contributed by atoms with Gasteiger partial charge in [-0.15, -0.1) is 0 Å². The Morgan fingerprint density at radius 2 is 0.340 bits per heavy atom. The lowest BCUT2D eigenvalue weighted by Gasteiger charge is -2.37. The van der Waals surface area contributed by atoms with Gasteiger partial charge in [0.15, 0.2) is 0 Å². The van der Waals surface area contributed by atoms with Gasteiger partial charge >= 0.3 is 79.5 Å². The summed E-state index contributed by atoms with van der Waals surface area (Å²) in [6.45, 7) is 1.23. The van der Waals surface area contributed by atoms with Gasteiger partial charge in [0.25, 0.3) is 0 Å². The third kappa shape index (κ3) is 9.96. The van der Waals surface area contributed by atoms with Crippen LogP contribution in [0, 0.1) is 6.92 Å². The summed E-state index contributed by atoms with van der Waals surface area (Å²) in [7, 11) is 0. The lowest BCUT2D eigenvalue weighted by atomic mass is 10.4. The van der Waals surface area contributed by atoms with Crippen LogP contribution in [0.3, 0.4) is 0 Å². The number of rotatable bonds is 17. The molecule has 0 unspecified atom stereocenters. The number of alkyl halides is 27. The molecule has 0 amide bonds. The molecule has 0 aliphatic carbocycles. The van der Waals surface area contributed by atoms with Crippen molar-refractivity contribution in [2.75, 3.05) is 0 Å². The number of hydrogen-bond acceptors (Lipinski definition) is 6. The first-order chi connectivity index (χ1) is 19.7. The Balaban J connectivity index is 6.26. The molecule has 1 radical (unpaired) electrons. The van der Waals surface area contributed by atoms with Crippen LogP contribution in [0.1, 0.15) is 0 Å². The van der Waals surface area contributed by atoms with Gasteiger partial charge in [0.05, 0.1) is 0 Å². The Kier molecular flexibility index (Phi) is 11.5. The van der Waals surface area contributed by atoms with Crippen LogP contribution in [0.5, 0.6) is 0 Å². The molecule has 0 saturated heterocycles. The molecule has 0 saturated carbocycles. The Hall–Kier alpha value is -2.13. The van der Waals surface area contributed by atoms with Gasteiger partial charge in [-0.05, 0) is 0 Å². The van der Waals surface area contributed by atoms with E-state index in [1.807, 2.05) is 0 Å². The van der Waals surface area contributed by atoms with E-state index in [0.717, 1.165) is 18.9 Å². The third-order valence-electron chi connectivity index (χ3n) is 3.58. The average Bonchev–Trinajstić information content (AvgIpc) is 2.66. The smallest absolute Gasteiger partial charge is 0.248 e. The van der Waals surface area contributed by atoms with Crippen LogP contribution < -0.4 is 0 Å². The summed E-state index contributed by atoms with van der Waals surface area (Å²) in [5.41, 5.74) is 0. The van der Waals surface area contributed by atoms with Gasteiger partial charge < -0.3 is 0 Å². The molecular formula is C14H2F27O6. The van der Waals surface area contributed by atoms with Crippen LogP contribution in [-0.4, -0.2) is 79.5 Å². The highest BCUT2D eigenvalue weighted by Gasteiger charge is 2.80. The second kappa shape index (κ2) is 12.0. The van der Waals surface area contributed by atoms with Gasteiger partial charge in [-0.25, -0.2) is 28.4 Å². The van der Waals surface area contributed by atoms with Gasteiger partial charge in [0.2, 0.25) is 0 Å². The van der Waals surface area contributed by atoms with Crippen molar-refractivity contribution in [1.29, 1.82) is 0 Å². The third-order valence-corrected chi connectivity index (χ3v) is 3.58. The number of halogens is 27. The summed E-state index contributed by atoms with van der Waals surface area (Å²) in [6, 6.07) is 0. The SMILES string of the molecule is [CH2]C(F)(F)OC(F)(F)C(F)(F)OC(F)(F)C(F)(F)OC(F)(F)C(F)(F)OC(F)(F)C(F)(F)OC(F)(F)C(F)(F)OC(F)(F)C(F)(F)F. The summed E-state index contributed by atoms with van der Waals surface area (Å²) in [5.74, 6) is 0. The largest absolute Gasteiger partial charge is 0.483 e. The fourth-order valence-electron chi connectivity index (χ4n) is 1.64. The molecule has 0 aromatic carbocycles. The minimum absolute atomic E-state index is 1.08. The van der Waals surface area contributed by atoms with Crippen LogP contribution in [-0.2, 0) is 28.4 Å². The van der Waals surface area contributed by atoms with E-state index in [1.165, 1.54) is 11.7 Å². The van der Waals surface area contributed by atoms with Crippen molar-refractivity contribution in [3.63, 3.8) is 0 Å². The van der Waals surface area contributed by atoms with Gasteiger partial charge in [-0.2, -0.15) is 119 Å². The van der Waals surface area contributed by atoms with Crippen molar-refractivity contribution in [3.05, 3.63) is 6.92 Å². The molecule has 0 rings (SSSR count). The average molecular weight is 779 g/mol. The molecule has 47 heavy (non-hydrogen) atoms. The Bertz CT molecular complexity index is 1070. The molecule has 0 atom stereocenters. The lowest BCUT2D eigenvalue weighted by Crippen LogP contribution is -2.62. The van der Waals surface area contributed by atoms with Gasteiger partial charge in [-0.3, -0.25) is 0 Å². The molecule has 0 N–H and O–H groups in total. The highest BCUT2D eigenvalue weighted by molar-refractivity contribution is 4.82. The zero-order valence-electron chi connectivity index (χ0n) is 19.9. The molecule has 0 spiro atoms. The fourth-order valence-corrected chi connectivity index (χ4v) is 1.64. The summed E-state index contributed by atoms with van der Waals surface area (Å²) >= 11 is 0. The number of hydrogen-bond donors (Lipinski definition) is 0. The molecule has 0 aromatic rings. The van der Waals surface area contributed by atoms with E-state index in [9.17, 15) is 119 Å². The van der Waals surface area contributed by atoms with Crippen LogP contribution in [0.4, 0.5) is 119 Å². The van der Waals surface area contributed by atoms with E-state index in [0.29, 0.717) is 0 Å². The highest BCUT2D eigenvalue weighted by atomic mass is 19.4. The maximum absolute atomic E-state index is 13.3. The first-order valence-electron chi connectivity index (χ1n) is 9.41. The quantitative estimate of drug-likeness (QED) is 0.138. The van der Waals surface area contributed by atoms with Crippen LogP contribution in [0.25, 0.3) is 0 Å². The minimum Gasteiger partial charge on any atom is -0.248 e. The van der Waals surface area contributed by atoms with E-state index < -0.39 is 79.5 Å². The lowest BCUT2D eigenvalue weighted by molar-refractivity contribution is -0.595. The van der Waals surface area contributed by atoms with Gasteiger partial charge in [-0.1, -0.05) is 0 Å². The zero-order chi connectivity index (χ0) is 38.7. The Labute approximate surface area is 235 Å². The monoisotopic (exact) mass is 779 g/mol. The summed E-state index contributed by atoms with van der Waals surface area (Å²) in [6.07, 6.45) is -100. The predicted molar refractivity (Wildman–Crippen MR) is 77.3 cm³/mol. The molecule has 6 nitrogen and oxygen atoms in total. The van der Waals surface area contributed by atoms with Gasteiger partial charge in [0, 0.05) is 6.92 Å². The summed E-state index contributed by atoms with van der Waals surface area (Å²) in [4.78, 5) is 0. The second-order valence-electron chi connectivity index (χ2n) is 7.43. The van der Waals surface area contributed by atoms with Crippen molar-refractivity contribution in [2.45, 2.75) is 79.5 Å². The normalized spacial score (nSPS) is 16.6. The maximum atomic E-state index is 13.3. The second-order valence-corrected chi connectivity index (χ2v) is 7.43. The van der Waals surface area contributed by atoms with Crippen LogP contribution in [0.2, 0.25) is 0 Å². The molecule has 0 aliphatic rings. The molecule has 0 heterocycles. The molecule has 0 fully saturated rings. The van der Waals surface area contributed by atoms with E-state index in [1.54, 1.807) is 4.74 Å². The Morgan fingerprint density at radius 1 is 0.213 bits per heavy atom. The number of ether oxygens (including phenoxy) is 6. The van der Waals surface area contributed by atoms with Crippen molar-refractivity contribution in [1.82, 2.24) is 0 Å². The van der Waals surface area contributed by atoms with Crippen LogP contribution >= 0.6 is 0 Å². The first-order valence-corrected chi connectivity index (χ1v) is 9.41. The summed E-state index contributed by atoms with van der Waals surface area (Å²) < 4.78 is 355. The predicted octanol–water partition coefficient (Wildman–Crippen LogP) is 8.60. The highest BCUT2D eigenvalue weighted by Crippen LogP contribution is 2.54. The minimum atomic E-state index is -8.24. The molecule has 0 aliphatic heterocycles. The van der Waals surface area contributed by atoms with Crippen molar-refractivity contribution in [2.24, 2.45) is 0 Å². The molecule has 0 aromatic heterocycles. The van der Waals surface area contributed by atoms with Crippen molar-refractivity contribution < 1.29 is 147 Å². The van der Waals surface area contributed by atoms with Crippen molar-refractivity contribution in [3.8, 4) is 0 Å². The van der Waals surface area contributed by atoms with Crippen LogP contribution in [0.15, 0.2) is 0 Å². The van der Waals surface area contributed by atoms with Gasteiger partial charge in [0.1, 0.15) is 0 Å². The topological polar surface area (TPSA) is 55.4 Å². The molecule has 33 heteroatoms. The van der Waals surface area contributed by atoms with E-state index >= 15 is 0 Å². The molecular weight excluding hydrogens is 777 g/mol. The fraction of sp³-hybridized carbons (Fsp3) is 0.929. The zero-order valence-corrected chi connectivity index (χ0v) is 19.9. The van der Waals surface area contributed by atoms with E-state index in [-0.39, 0.29) is 0 Å². The van der Waals surface area contributed by atoms with Crippen molar-refractivity contribution >= 4 is 0 Å².